The van der Waals surface area contributed by atoms with Crippen LogP contribution >= 0.6 is 27.7 Å². The number of rotatable bonds is 4. The lowest BCUT2D eigenvalue weighted by molar-refractivity contribution is 0.0985. The Labute approximate surface area is 97.4 Å². The Kier molecular flexibility index (Phi) is 4.69. The summed E-state index contributed by atoms with van der Waals surface area (Å²) in [5.74, 6) is 0.220. The van der Waals surface area contributed by atoms with Crippen molar-refractivity contribution in [3.63, 3.8) is 0 Å². The molecule has 0 radical (unpaired) electrons. The van der Waals surface area contributed by atoms with E-state index in [9.17, 15) is 4.79 Å². The van der Waals surface area contributed by atoms with Gasteiger partial charge >= 0.3 is 0 Å². The van der Waals surface area contributed by atoms with Gasteiger partial charge in [0.05, 0.1) is 0 Å². The standard InChI is InChI=1S/C11H13BrOS/c1-3-10(13)9-6-8(7-12)4-5-11(9)14-2/h4-6H,3,7H2,1-2H3. The third-order valence-electron chi connectivity index (χ3n) is 2.04. The minimum atomic E-state index is 0.220. The Morgan fingerprint density at radius 1 is 1.50 bits per heavy atom. The van der Waals surface area contributed by atoms with Crippen LogP contribution in [0.5, 0.6) is 0 Å². The average molecular weight is 273 g/mol. The summed E-state index contributed by atoms with van der Waals surface area (Å²) in [5, 5.41) is 0.797. The lowest BCUT2D eigenvalue weighted by atomic mass is 10.1. The fourth-order valence-corrected chi connectivity index (χ4v) is 2.19. The van der Waals surface area contributed by atoms with Gasteiger partial charge in [-0.15, -0.1) is 11.8 Å². The van der Waals surface area contributed by atoms with Gasteiger partial charge in [0, 0.05) is 22.2 Å². The SMILES string of the molecule is CCC(=O)c1cc(CBr)ccc1SC. The molecule has 76 valence electrons. The average Bonchev–Trinajstić information content (AvgIpc) is 2.27. The van der Waals surface area contributed by atoms with Gasteiger partial charge in [-0.3, -0.25) is 4.79 Å². The van der Waals surface area contributed by atoms with Crippen LogP contribution in [-0.2, 0) is 5.33 Å². The van der Waals surface area contributed by atoms with Crippen LogP contribution in [0.4, 0.5) is 0 Å². The molecule has 14 heavy (non-hydrogen) atoms. The highest BCUT2D eigenvalue weighted by Crippen LogP contribution is 2.23. The molecule has 0 aliphatic carbocycles. The summed E-state index contributed by atoms with van der Waals surface area (Å²) in [7, 11) is 0. The Morgan fingerprint density at radius 3 is 2.71 bits per heavy atom. The molecule has 3 heteroatoms. The summed E-state index contributed by atoms with van der Waals surface area (Å²) in [4.78, 5) is 12.7. The van der Waals surface area contributed by atoms with Crippen molar-refractivity contribution in [2.24, 2.45) is 0 Å². The summed E-state index contributed by atoms with van der Waals surface area (Å²) >= 11 is 5.01. The normalized spacial score (nSPS) is 10.2. The van der Waals surface area contributed by atoms with Crippen molar-refractivity contribution in [2.75, 3.05) is 6.26 Å². The molecule has 0 aliphatic rings. The molecule has 0 aliphatic heterocycles. The van der Waals surface area contributed by atoms with Crippen molar-refractivity contribution in [1.82, 2.24) is 0 Å². The van der Waals surface area contributed by atoms with Gasteiger partial charge in [0.25, 0.3) is 0 Å². The van der Waals surface area contributed by atoms with Gasteiger partial charge in [0.2, 0.25) is 0 Å². The molecule has 0 saturated heterocycles. The molecular formula is C11H13BrOS. The predicted octanol–water partition coefficient (Wildman–Crippen LogP) is 3.90. The lowest BCUT2D eigenvalue weighted by Gasteiger charge is -2.06. The fourth-order valence-electron chi connectivity index (χ4n) is 1.25. The summed E-state index contributed by atoms with van der Waals surface area (Å²) in [6.45, 7) is 1.90. The minimum absolute atomic E-state index is 0.220. The molecule has 1 aromatic carbocycles. The van der Waals surface area contributed by atoms with E-state index in [-0.39, 0.29) is 5.78 Å². The Balaban J connectivity index is 3.14. The third-order valence-corrected chi connectivity index (χ3v) is 3.48. The van der Waals surface area contributed by atoms with Gasteiger partial charge in [0.1, 0.15) is 0 Å². The van der Waals surface area contributed by atoms with Crippen LogP contribution < -0.4 is 0 Å². The van der Waals surface area contributed by atoms with Crippen molar-refractivity contribution in [1.29, 1.82) is 0 Å². The maximum atomic E-state index is 11.6. The molecule has 0 bridgehead atoms. The second kappa shape index (κ2) is 5.56. The van der Waals surface area contributed by atoms with E-state index in [4.69, 9.17) is 0 Å². The van der Waals surface area contributed by atoms with E-state index in [0.717, 1.165) is 21.4 Å². The van der Waals surface area contributed by atoms with E-state index in [1.807, 2.05) is 31.4 Å². The first kappa shape index (κ1) is 11.8. The molecule has 1 rings (SSSR count). The highest BCUT2D eigenvalue weighted by Gasteiger charge is 2.09. The lowest BCUT2D eigenvalue weighted by Crippen LogP contribution is -1.99. The molecule has 0 unspecified atom stereocenters. The number of ketones is 1. The molecule has 0 aromatic heterocycles. The van der Waals surface area contributed by atoms with E-state index >= 15 is 0 Å². The highest BCUT2D eigenvalue weighted by molar-refractivity contribution is 9.08. The number of hydrogen-bond donors (Lipinski definition) is 0. The van der Waals surface area contributed by atoms with Crippen LogP contribution in [0.25, 0.3) is 0 Å². The number of thioether (sulfide) groups is 1. The summed E-state index contributed by atoms with van der Waals surface area (Å²) in [5.41, 5.74) is 2.01. The van der Waals surface area contributed by atoms with Crippen LogP contribution in [0.15, 0.2) is 23.1 Å². The van der Waals surface area contributed by atoms with Crippen LogP contribution in [-0.4, -0.2) is 12.0 Å². The number of benzene rings is 1. The minimum Gasteiger partial charge on any atom is -0.294 e. The zero-order valence-corrected chi connectivity index (χ0v) is 10.7. The maximum Gasteiger partial charge on any atom is 0.163 e. The molecule has 1 nitrogen and oxygen atoms in total. The van der Waals surface area contributed by atoms with Crippen LogP contribution in [0.2, 0.25) is 0 Å². The number of carbonyl (C=O) groups is 1. The zero-order chi connectivity index (χ0) is 10.6. The van der Waals surface area contributed by atoms with Crippen molar-refractivity contribution < 1.29 is 4.79 Å². The van der Waals surface area contributed by atoms with Gasteiger partial charge in [-0.25, -0.2) is 0 Å². The number of carbonyl (C=O) groups excluding carboxylic acids is 1. The van der Waals surface area contributed by atoms with Gasteiger partial charge in [-0.2, -0.15) is 0 Å². The van der Waals surface area contributed by atoms with E-state index in [0.29, 0.717) is 6.42 Å². The Bertz CT molecular complexity index is 336. The van der Waals surface area contributed by atoms with E-state index in [1.165, 1.54) is 0 Å². The number of alkyl halides is 1. The number of hydrogen-bond acceptors (Lipinski definition) is 2. The van der Waals surface area contributed by atoms with Crippen LogP contribution in [0, 0.1) is 0 Å². The second-order valence-electron chi connectivity index (χ2n) is 2.94. The maximum absolute atomic E-state index is 11.6. The molecule has 0 amide bonds. The first-order chi connectivity index (χ1) is 6.72. The largest absolute Gasteiger partial charge is 0.294 e. The van der Waals surface area contributed by atoms with Crippen molar-refractivity contribution in [3.05, 3.63) is 29.3 Å². The first-order valence-electron chi connectivity index (χ1n) is 4.49. The van der Waals surface area contributed by atoms with Crippen molar-refractivity contribution in [3.8, 4) is 0 Å². The summed E-state index contributed by atoms with van der Waals surface area (Å²) in [6.07, 6.45) is 2.56. The van der Waals surface area contributed by atoms with Crippen molar-refractivity contribution >= 4 is 33.5 Å². The zero-order valence-electron chi connectivity index (χ0n) is 8.34. The van der Waals surface area contributed by atoms with E-state index in [2.05, 4.69) is 15.9 Å². The third kappa shape index (κ3) is 2.61. The molecule has 0 fully saturated rings. The number of halogens is 1. The predicted molar refractivity (Wildman–Crippen MR) is 65.5 cm³/mol. The first-order valence-corrected chi connectivity index (χ1v) is 6.83. The smallest absolute Gasteiger partial charge is 0.163 e. The molecule has 0 spiro atoms. The molecular weight excluding hydrogens is 260 g/mol. The van der Waals surface area contributed by atoms with E-state index < -0.39 is 0 Å². The van der Waals surface area contributed by atoms with Crippen LogP contribution in [0.1, 0.15) is 29.3 Å². The Morgan fingerprint density at radius 2 is 2.21 bits per heavy atom. The highest BCUT2D eigenvalue weighted by atomic mass is 79.9. The molecule has 1 aromatic rings. The quantitative estimate of drug-likeness (QED) is 0.470. The number of Topliss-reactive ketones (excluding diaryl/α,β-unsaturated/α-hetero) is 1. The van der Waals surface area contributed by atoms with Gasteiger partial charge in [-0.05, 0) is 24.0 Å². The topological polar surface area (TPSA) is 17.1 Å². The Hall–Kier alpha value is -0.280. The van der Waals surface area contributed by atoms with Gasteiger partial charge in [0.15, 0.2) is 5.78 Å². The summed E-state index contributed by atoms with van der Waals surface area (Å²) in [6, 6.07) is 6.05. The molecule has 0 heterocycles. The van der Waals surface area contributed by atoms with Gasteiger partial charge < -0.3 is 0 Å². The fraction of sp³-hybridized carbons (Fsp3) is 0.364. The summed E-state index contributed by atoms with van der Waals surface area (Å²) < 4.78 is 0. The van der Waals surface area contributed by atoms with E-state index in [1.54, 1.807) is 11.8 Å². The van der Waals surface area contributed by atoms with Crippen LogP contribution in [0.3, 0.4) is 0 Å². The van der Waals surface area contributed by atoms with Gasteiger partial charge in [-0.1, -0.05) is 28.9 Å². The molecule has 0 atom stereocenters. The molecule has 0 saturated carbocycles. The second-order valence-corrected chi connectivity index (χ2v) is 4.35. The van der Waals surface area contributed by atoms with Crippen molar-refractivity contribution in [2.45, 2.75) is 23.6 Å². The monoisotopic (exact) mass is 272 g/mol. The molecule has 0 N–H and O–H groups in total.